The summed E-state index contributed by atoms with van der Waals surface area (Å²) >= 11 is 1.29. The summed E-state index contributed by atoms with van der Waals surface area (Å²) in [6.07, 6.45) is 0. The van der Waals surface area contributed by atoms with Crippen LogP contribution in [0.5, 0.6) is 0 Å². The number of fused-ring (bicyclic) bond motifs is 1. The quantitative estimate of drug-likeness (QED) is 0.674. The second-order valence-corrected chi connectivity index (χ2v) is 5.90. The molecule has 2 aromatic heterocycles. The number of thioether (sulfide) groups is 1. The fourth-order valence-corrected chi connectivity index (χ4v) is 3.08. The zero-order valence-corrected chi connectivity index (χ0v) is 12.8. The van der Waals surface area contributed by atoms with Gasteiger partial charge in [-0.2, -0.15) is 8.78 Å². The number of hydrogen-bond donors (Lipinski definition) is 0. The molecule has 0 saturated heterocycles. The van der Waals surface area contributed by atoms with Gasteiger partial charge in [0.05, 0.1) is 22.8 Å². The van der Waals surface area contributed by atoms with Gasteiger partial charge in [-0.15, -0.1) is 5.10 Å². The lowest BCUT2D eigenvalue weighted by molar-refractivity contribution is 0.0722. The first-order chi connectivity index (χ1) is 10.6. The second kappa shape index (κ2) is 5.99. The molecule has 1 aromatic carbocycles. The molecule has 9 heteroatoms. The molecule has 0 fully saturated rings. The summed E-state index contributed by atoms with van der Waals surface area (Å²) in [5, 5.41) is 12.0. The Labute approximate surface area is 129 Å². The van der Waals surface area contributed by atoms with Gasteiger partial charge >= 0.3 is 6.55 Å². The number of hydrogen-bond acceptors (Lipinski definition) is 5. The van der Waals surface area contributed by atoms with Crippen molar-refractivity contribution >= 4 is 22.8 Å². The van der Waals surface area contributed by atoms with Crippen molar-refractivity contribution in [1.29, 1.82) is 0 Å². The Balaban J connectivity index is 1.90. The molecule has 0 aliphatic carbocycles. The summed E-state index contributed by atoms with van der Waals surface area (Å²) in [5.74, 6) is 0.575. The Morgan fingerprint density at radius 3 is 2.73 bits per heavy atom. The molecule has 0 spiro atoms. The number of benzene rings is 1. The molecular formula is C13H14F2N6S. The lowest BCUT2D eigenvalue weighted by Crippen LogP contribution is -2.06. The molecule has 6 nitrogen and oxygen atoms in total. The number of nitrogens with zero attached hydrogens (tertiary/aromatic N) is 6. The van der Waals surface area contributed by atoms with Crippen molar-refractivity contribution in [2.24, 2.45) is 0 Å². The van der Waals surface area contributed by atoms with Crippen LogP contribution in [0.3, 0.4) is 0 Å². The van der Waals surface area contributed by atoms with Gasteiger partial charge in [-0.3, -0.25) is 4.57 Å². The van der Waals surface area contributed by atoms with Crippen LogP contribution in [0.15, 0.2) is 29.4 Å². The highest BCUT2D eigenvalue weighted by Gasteiger charge is 2.19. The first-order valence-electron chi connectivity index (χ1n) is 6.72. The van der Waals surface area contributed by atoms with E-state index >= 15 is 0 Å². The van der Waals surface area contributed by atoms with Crippen molar-refractivity contribution in [2.45, 2.75) is 37.3 Å². The Hall–Kier alpha value is -2.03. The zero-order valence-electron chi connectivity index (χ0n) is 12.0. The number of tetrazole rings is 1. The van der Waals surface area contributed by atoms with Gasteiger partial charge in [-0.25, -0.2) is 9.67 Å². The van der Waals surface area contributed by atoms with Crippen molar-refractivity contribution < 1.29 is 8.78 Å². The van der Waals surface area contributed by atoms with Crippen LogP contribution in [0.4, 0.5) is 8.78 Å². The molecule has 0 bridgehead atoms. The Kier molecular flexibility index (Phi) is 4.06. The minimum Gasteiger partial charge on any atom is -0.269 e. The van der Waals surface area contributed by atoms with E-state index in [1.165, 1.54) is 11.8 Å². The summed E-state index contributed by atoms with van der Waals surface area (Å²) in [6.45, 7) is 1.27. The number of aromatic nitrogens is 6. The van der Waals surface area contributed by atoms with Crippen LogP contribution in [0.2, 0.25) is 0 Å². The third-order valence-corrected chi connectivity index (χ3v) is 4.08. The van der Waals surface area contributed by atoms with Gasteiger partial charge in [0.2, 0.25) is 5.16 Å². The van der Waals surface area contributed by atoms with E-state index in [0.29, 0.717) is 22.0 Å². The van der Waals surface area contributed by atoms with Gasteiger partial charge in [-0.05, 0) is 36.4 Å². The van der Waals surface area contributed by atoms with E-state index in [2.05, 4.69) is 20.5 Å². The maximum atomic E-state index is 13.3. The average Bonchev–Trinajstić information content (AvgIpc) is 3.08. The molecule has 3 aromatic rings. The highest BCUT2D eigenvalue weighted by molar-refractivity contribution is 7.98. The van der Waals surface area contributed by atoms with Gasteiger partial charge in [0.25, 0.3) is 0 Å². The number of halogens is 2. The third kappa shape index (κ3) is 2.68. The van der Waals surface area contributed by atoms with E-state index in [1.807, 2.05) is 13.8 Å². The van der Waals surface area contributed by atoms with E-state index in [-0.39, 0.29) is 11.8 Å². The minimum atomic E-state index is -2.64. The molecule has 0 radical (unpaired) electrons. The van der Waals surface area contributed by atoms with Gasteiger partial charge in [0.1, 0.15) is 5.82 Å². The SMILES string of the molecule is CC(C)n1nnnc1SCc1nc2ccccc2n1C(F)F. The fourth-order valence-electron chi connectivity index (χ4n) is 2.15. The largest absolute Gasteiger partial charge is 0.320 e. The monoisotopic (exact) mass is 324 g/mol. The molecule has 116 valence electrons. The first kappa shape index (κ1) is 14.9. The predicted octanol–water partition coefficient (Wildman–Crippen LogP) is 3.29. The molecule has 0 unspecified atom stereocenters. The van der Waals surface area contributed by atoms with Gasteiger partial charge < -0.3 is 0 Å². The Morgan fingerprint density at radius 2 is 2.00 bits per heavy atom. The highest BCUT2D eigenvalue weighted by atomic mass is 32.2. The van der Waals surface area contributed by atoms with Crippen LogP contribution in [-0.2, 0) is 5.75 Å². The van der Waals surface area contributed by atoms with Gasteiger partial charge in [0.15, 0.2) is 0 Å². The van der Waals surface area contributed by atoms with Gasteiger partial charge in [-0.1, -0.05) is 23.9 Å². The molecular weight excluding hydrogens is 310 g/mol. The molecule has 0 saturated carbocycles. The zero-order chi connectivity index (χ0) is 15.7. The topological polar surface area (TPSA) is 61.4 Å². The first-order valence-corrected chi connectivity index (χ1v) is 7.71. The van der Waals surface area contributed by atoms with Crippen molar-refractivity contribution in [3.63, 3.8) is 0 Å². The van der Waals surface area contributed by atoms with E-state index in [4.69, 9.17) is 0 Å². The van der Waals surface area contributed by atoms with Crippen molar-refractivity contribution in [3.05, 3.63) is 30.1 Å². The average molecular weight is 324 g/mol. The minimum absolute atomic E-state index is 0.103. The van der Waals surface area contributed by atoms with Crippen molar-refractivity contribution in [1.82, 2.24) is 29.8 Å². The molecule has 2 heterocycles. The van der Waals surface area contributed by atoms with E-state index in [1.54, 1.807) is 28.9 Å². The lowest BCUT2D eigenvalue weighted by Gasteiger charge is -2.09. The van der Waals surface area contributed by atoms with Crippen LogP contribution >= 0.6 is 11.8 Å². The summed E-state index contributed by atoms with van der Waals surface area (Å²) in [7, 11) is 0. The van der Waals surface area contributed by atoms with Crippen molar-refractivity contribution in [2.75, 3.05) is 0 Å². The molecule has 0 atom stereocenters. The van der Waals surface area contributed by atoms with Crippen LogP contribution in [0, 0.1) is 0 Å². The van der Waals surface area contributed by atoms with Crippen LogP contribution in [0.25, 0.3) is 11.0 Å². The molecule has 0 aliphatic heterocycles. The highest BCUT2D eigenvalue weighted by Crippen LogP contribution is 2.28. The molecule has 0 aliphatic rings. The van der Waals surface area contributed by atoms with E-state index < -0.39 is 6.55 Å². The molecule has 0 N–H and O–H groups in total. The fraction of sp³-hybridized carbons (Fsp3) is 0.385. The summed E-state index contributed by atoms with van der Waals surface area (Å²) in [5.41, 5.74) is 0.985. The smallest absolute Gasteiger partial charge is 0.269 e. The van der Waals surface area contributed by atoms with E-state index in [0.717, 1.165) is 4.57 Å². The van der Waals surface area contributed by atoms with Crippen molar-refractivity contribution in [3.8, 4) is 0 Å². The second-order valence-electron chi connectivity index (χ2n) is 4.95. The molecule has 0 amide bonds. The summed E-state index contributed by atoms with van der Waals surface area (Å²) in [4.78, 5) is 4.29. The number of imidazole rings is 1. The van der Waals surface area contributed by atoms with Gasteiger partial charge in [0, 0.05) is 0 Å². The normalized spacial score (nSPS) is 11.9. The number of alkyl halides is 2. The van der Waals surface area contributed by atoms with Crippen LogP contribution in [-0.4, -0.2) is 29.8 Å². The molecule has 3 rings (SSSR count). The molecule has 22 heavy (non-hydrogen) atoms. The Morgan fingerprint density at radius 1 is 1.23 bits per heavy atom. The van der Waals surface area contributed by atoms with Crippen LogP contribution < -0.4 is 0 Å². The number of para-hydroxylation sites is 2. The third-order valence-electron chi connectivity index (χ3n) is 3.15. The number of rotatable bonds is 5. The summed E-state index contributed by atoms with van der Waals surface area (Å²) in [6, 6.07) is 6.97. The van der Waals surface area contributed by atoms with E-state index in [9.17, 15) is 8.78 Å². The summed E-state index contributed by atoms with van der Waals surface area (Å²) < 4.78 is 29.3. The lowest BCUT2D eigenvalue weighted by atomic mass is 10.3. The maximum absolute atomic E-state index is 13.3. The maximum Gasteiger partial charge on any atom is 0.320 e. The standard InChI is InChI=1S/C13H14F2N6S/c1-8(2)21-13(17-18-19-21)22-7-11-16-9-5-3-4-6-10(9)20(11)12(14)15/h3-6,8,12H,7H2,1-2H3. The predicted molar refractivity (Wildman–Crippen MR) is 78.7 cm³/mol. The van der Waals surface area contributed by atoms with Crippen LogP contribution in [0.1, 0.15) is 32.3 Å². The Bertz CT molecular complexity index is 782.